The van der Waals surface area contributed by atoms with Crippen LogP contribution in [0, 0.1) is 5.82 Å². The quantitative estimate of drug-likeness (QED) is 0.353. The Morgan fingerprint density at radius 3 is 2.60 bits per heavy atom. The molecule has 8 rings (SSSR count). The van der Waals surface area contributed by atoms with Crippen molar-refractivity contribution in [1.82, 2.24) is 19.8 Å². The monoisotopic (exact) mass is 639 g/mol. The molecule has 0 unspecified atom stereocenters. The summed E-state index contributed by atoms with van der Waals surface area (Å²) in [5.41, 5.74) is 5.54. The minimum atomic E-state index is -0.483. The second-order valence-corrected chi connectivity index (χ2v) is 12.8. The molecule has 12 heteroatoms. The summed E-state index contributed by atoms with van der Waals surface area (Å²) in [5, 5.41) is 13.7. The first kappa shape index (κ1) is 29.9. The standard InChI is InChI=1S/C35H38FN7O4/c36-23-14-27(28(19-44)31(15-23)42-11-12-43-30-4-2-1-3-26(30)34(45)32(43)18-42)22-13-29(35(46)38-16-22)39-33-6-5-24(17-37-33)40-7-9-41(10-8-40)25-20-47-21-25/h5-6,13-18,25,44H,1-4,7-12,19-21H2,(H,37,39)(H,38,46). The third kappa shape index (κ3) is 5.49. The van der Waals surface area contributed by atoms with E-state index in [9.17, 15) is 14.7 Å². The Kier molecular flexibility index (Phi) is 7.78. The molecule has 3 aromatic rings. The van der Waals surface area contributed by atoms with Gasteiger partial charge in [0.2, 0.25) is 5.78 Å². The number of aromatic nitrogens is 2. The number of halogens is 1. The minimum Gasteiger partial charge on any atom is -0.392 e. The van der Waals surface area contributed by atoms with E-state index in [1.807, 2.05) is 17.0 Å². The lowest BCUT2D eigenvalue weighted by Crippen LogP contribution is -2.56. The number of nitrogens with one attached hydrogen (secondary N) is 2. The van der Waals surface area contributed by atoms with Gasteiger partial charge in [-0.25, -0.2) is 9.37 Å². The number of piperazine rings is 1. The molecule has 11 nitrogen and oxygen atoms in total. The summed E-state index contributed by atoms with van der Waals surface area (Å²) in [5.74, 6) is 0.0700. The van der Waals surface area contributed by atoms with Crippen molar-refractivity contribution >= 4 is 28.7 Å². The minimum absolute atomic E-state index is 0.0478. The third-order valence-corrected chi connectivity index (χ3v) is 10.1. The maximum atomic E-state index is 15.2. The number of H-pyrrole nitrogens is 1. The maximum Gasteiger partial charge on any atom is 0.271 e. The summed E-state index contributed by atoms with van der Waals surface area (Å²) in [4.78, 5) is 42.2. The molecule has 2 fully saturated rings. The zero-order chi connectivity index (χ0) is 32.1. The highest BCUT2D eigenvalue weighted by Gasteiger charge is 2.38. The largest absolute Gasteiger partial charge is 0.392 e. The number of allylic oxidation sites excluding steroid dienone is 2. The van der Waals surface area contributed by atoms with Crippen LogP contribution in [0.4, 0.5) is 27.3 Å². The van der Waals surface area contributed by atoms with Crippen LogP contribution in [0.15, 0.2) is 70.7 Å². The van der Waals surface area contributed by atoms with Crippen molar-refractivity contribution in [2.24, 2.45) is 0 Å². The zero-order valence-corrected chi connectivity index (χ0v) is 26.2. The Labute approximate surface area is 271 Å². The zero-order valence-electron chi connectivity index (χ0n) is 26.2. The van der Waals surface area contributed by atoms with Gasteiger partial charge < -0.3 is 34.8 Å². The normalized spacial score (nSPS) is 20.3. The lowest BCUT2D eigenvalue weighted by Gasteiger charge is -2.43. The van der Waals surface area contributed by atoms with Crippen LogP contribution in [0.25, 0.3) is 11.1 Å². The smallest absolute Gasteiger partial charge is 0.271 e. The highest BCUT2D eigenvalue weighted by molar-refractivity contribution is 6.11. The number of carbonyl (C=O) groups is 1. The number of ketones is 1. The molecular weight excluding hydrogens is 601 g/mol. The van der Waals surface area contributed by atoms with Crippen LogP contribution < -0.4 is 20.7 Å². The number of nitrogens with zero attached hydrogens (tertiary/aromatic N) is 5. The fourth-order valence-electron chi connectivity index (χ4n) is 7.45. The van der Waals surface area contributed by atoms with Crippen LogP contribution in [0.5, 0.6) is 0 Å². The number of rotatable bonds is 7. The number of ether oxygens (including phenoxy) is 1. The van der Waals surface area contributed by atoms with Crippen LogP contribution in [-0.2, 0) is 16.1 Å². The van der Waals surface area contributed by atoms with Crippen LogP contribution in [0.1, 0.15) is 31.2 Å². The second-order valence-electron chi connectivity index (χ2n) is 12.8. The van der Waals surface area contributed by atoms with E-state index in [2.05, 4.69) is 30.0 Å². The summed E-state index contributed by atoms with van der Waals surface area (Å²) in [7, 11) is 0. The molecule has 0 amide bonds. The fraction of sp³-hybridized carbons (Fsp3) is 0.400. The molecule has 0 spiro atoms. The van der Waals surface area contributed by atoms with Gasteiger partial charge in [-0.15, -0.1) is 0 Å². The summed E-state index contributed by atoms with van der Waals surface area (Å²) in [6.45, 7) is 6.23. The van der Waals surface area contributed by atoms with Gasteiger partial charge in [0.15, 0.2) is 0 Å². The number of Topliss-reactive ketones (excluding diaryl/α,β-unsaturated/α-hetero) is 1. The number of fused-ring (bicyclic) bond motifs is 2. The molecule has 5 aliphatic rings. The predicted molar refractivity (Wildman–Crippen MR) is 177 cm³/mol. The molecule has 0 saturated carbocycles. The molecule has 6 heterocycles. The molecule has 0 radical (unpaired) electrons. The van der Waals surface area contributed by atoms with Crippen molar-refractivity contribution in [2.45, 2.75) is 38.3 Å². The highest BCUT2D eigenvalue weighted by Crippen LogP contribution is 2.41. The van der Waals surface area contributed by atoms with E-state index in [0.717, 1.165) is 82.0 Å². The molecule has 2 saturated heterocycles. The van der Waals surface area contributed by atoms with E-state index in [1.54, 1.807) is 18.5 Å². The Morgan fingerprint density at radius 2 is 1.85 bits per heavy atom. The van der Waals surface area contributed by atoms with Crippen molar-refractivity contribution in [3.05, 3.63) is 87.6 Å². The van der Waals surface area contributed by atoms with Crippen molar-refractivity contribution in [2.75, 3.05) is 67.6 Å². The predicted octanol–water partition coefficient (Wildman–Crippen LogP) is 3.71. The van der Waals surface area contributed by atoms with Crippen LogP contribution in [0.2, 0.25) is 0 Å². The molecule has 3 N–H and O–H groups in total. The molecule has 1 aliphatic carbocycles. The van der Waals surface area contributed by atoms with Crippen molar-refractivity contribution in [3.8, 4) is 11.1 Å². The fourth-order valence-corrected chi connectivity index (χ4v) is 7.45. The number of benzene rings is 1. The van der Waals surface area contributed by atoms with Gasteiger partial charge >= 0.3 is 0 Å². The lowest BCUT2D eigenvalue weighted by molar-refractivity contribution is -0.112. The van der Waals surface area contributed by atoms with Crippen LogP contribution in [-0.4, -0.2) is 89.2 Å². The Balaban J connectivity index is 1.03. The van der Waals surface area contributed by atoms with E-state index >= 15 is 4.39 Å². The average Bonchev–Trinajstić information content (AvgIpc) is 3.36. The first-order chi connectivity index (χ1) is 23.0. The number of anilines is 4. The first-order valence-corrected chi connectivity index (χ1v) is 16.5. The molecule has 1 aromatic carbocycles. The number of hydrogen-bond donors (Lipinski definition) is 3. The van der Waals surface area contributed by atoms with Gasteiger partial charge in [0.1, 0.15) is 23.0 Å². The lowest BCUT2D eigenvalue weighted by atomic mass is 9.96. The van der Waals surface area contributed by atoms with E-state index in [0.29, 0.717) is 53.0 Å². The number of hydrogen-bond acceptors (Lipinski definition) is 10. The molecule has 2 aromatic heterocycles. The summed E-state index contributed by atoms with van der Waals surface area (Å²) in [6.07, 6.45) is 8.91. The number of aromatic amines is 1. The first-order valence-electron chi connectivity index (χ1n) is 16.5. The van der Waals surface area contributed by atoms with Gasteiger partial charge in [-0.1, -0.05) is 0 Å². The summed E-state index contributed by atoms with van der Waals surface area (Å²) < 4.78 is 20.6. The van der Waals surface area contributed by atoms with E-state index in [4.69, 9.17) is 4.74 Å². The maximum absolute atomic E-state index is 15.2. The Morgan fingerprint density at radius 1 is 1.02 bits per heavy atom. The molecule has 0 atom stereocenters. The van der Waals surface area contributed by atoms with Gasteiger partial charge in [0.05, 0.1) is 37.7 Å². The topological polar surface area (TPSA) is 117 Å². The van der Waals surface area contributed by atoms with Gasteiger partial charge in [-0.3, -0.25) is 14.5 Å². The molecular formula is C35H38FN7O4. The van der Waals surface area contributed by atoms with Crippen molar-refractivity contribution in [3.63, 3.8) is 0 Å². The highest BCUT2D eigenvalue weighted by atomic mass is 19.1. The van der Waals surface area contributed by atoms with E-state index in [-0.39, 0.29) is 23.6 Å². The average molecular weight is 640 g/mol. The van der Waals surface area contributed by atoms with Gasteiger partial charge in [-0.2, -0.15) is 0 Å². The van der Waals surface area contributed by atoms with E-state index in [1.165, 1.54) is 18.3 Å². The van der Waals surface area contributed by atoms with E-state index < -0.39 is 5.82 Å². The molecule has 47 heavy (non-hydrogen) atoms. The SMILES string of the molecule is O=C1C2=CN(c3cc(F)cc(-c4c[nH]c(=O)c(Nc5ccc(N6CCN(C7COC7)CC6)cn5)c4)c3CO)CCN2C2=C1CCCC2. The van der Waals surface area contributed by atoms with Crippen LogP contribution >= 0.6 is 0 Å². The summed E-state index contributed by atoms with van der Waals surface area (Å²) >= 11 is 0. The van der Waals surface area contributed by atoms with Crippen LogP contribution in [0.3, 0.4) is 0 Å². The Bertz CT molecular complexity index is 1830. The number of aliphatic hydroxyl groups is 1. The number of carbonyl (C=O) groups excluding carboxylic acids is 1. The molecule has 244 valence electrons. The van der Waals surface area contributed by atoms with Gasteiger partial charge in [0, 0.05) is 79.7 Å². The Hall–Kier alpha value is -4.52. The van der Waals surface area contributed by atoms with Gasteiger partial charge in [0.25, 0.3) is 5.56 Å². The summed E-state index contributed by atoms with van der Waals surface area (Å²) in [6, 6.07) is 8.78. The second kappa shape index (κ2) is 12.3. The third-order valence-electron chi connectivity index (χ3n) is 10.1. The number of pyridine rings is 2. The van der Waals surface area contributed by atoms with Gasteiger partial charge in [-0.05, 0) is 61.6 Å². The molecule has 0 bridgehead atoms. The van der Waals surface area contributed by atoms with Crippen molar-refractivity contribution < 1.29 is 19.0 Å². The van der Waals surface area contributed by atoms with Crippen molar-refractivity contribution in [1.29, 1.82) is 0 Å². The number of aliphatic hydroxyl groups excluding tert-OH is 1. The molecule has 4 aliphatic heterocycles.